The Morgan fingerprint density at radius 3 is 1.40 bits per heavy atom. The number of ether oxygens (including phenoxy) is 2. The highest BCUT2D eigenvalue weighted by molar-refractivity contribution is 7.47. The minimum Gasteiger partial charge on any atom is -0.462 e. The Morgan fingerprint density at radius 1 is 0.533 bits per heavy atom. The second kappa shape index (κ2) is 42.0. The molecule has 0 aliphatic heterocycles. The average Bonchev–Trinajstić information content (AvgIpc) is 3.20. The van der Waals surface area contributed by atoms with Crippen LogP contribution in [0.2, 0.25) is 0 Å². The third-order valence-corrected chi connectivity index (χ3v) is 11.0. The molecule has 0 aliphatic rings. The van der Waals surface area contributed by atoms with Gasteiger partial charge in [0, 0.05) is 12.8 Å². The van der Waals surface area contributed by atoms with Crippen molar-refractivity contribution >= 4 is 19.8 Å². The van der Waals surface area contributed by atoms with Crippen molar-refractivity contribution in [2.24, 2.45) is 0 Å². The lowest BCUT2D eigenvalue weighted by molar-refractivity contribution is -0.870. The molecule has 10 heteroatoms. The van der Waals surface area contributed by atoms with E-state index in [0.29, 0.717) is 23.9 Å². The summed E-state index contributed by atoms with van der Waals surface area (Å²) >= 11 is 0. The van der Waals surface area contributed by atoms with Crippen LogP contribution in [0.25, 0.3) is 0 Å². The number of phosphoric ester groups is 1. The van der Waals surface area contributed by atoms with E-state index < -0.39 is 26.5 Å². The van der Waals surface area contributed by atoms with Gasteiger partial charge in [0.25, 0.3) is 0 Å². The van der Waals surface area contributed by atoms with Crippen LogP contribution in [0.5, 0.6) is 0 Å². The van der Waals surface area contributed by atoms with E-state index in [0.717, 1.165) is 51.4 Å². The predicted molar refractivity (Wildman–Crippen MR) is 252 cm³/mol. The van der Waals surface area contributed by atoms with Crippen LogP contribution in [0.4, 0.5) is 0 Å². The summed E-state index contributed by atoms with van der Waals surface area (Å²) in [7, 11) is 1.44. The number of likely N-dealkylation sites (N-methyl/N-ethyl adjacent to an activating group) is 1. The molecule has 2 unspecified atom stereocenters. The molecular formula is C50H91NO8P+. The van der Waals surface area contributed by atoms with Crippen LogP contribution in [-0.4, -0.2) is 74.9 Å². The number of hydrogen-bond donors (Lipinski definition) is 1. The number of unbranched alkanes of at least 4 members (excludes halogenated alkanes) is 19. The number of carbonyl (C=O) groups is 2. The van der Waals surface area contributed by atoms with Gasteiger partial charge in [-0.1, -0.05) is 190 Å². The lowest BCUT2D eigenvalue weighted by atomic mass is 10.0. The van der Waals surface area contributed by atoms with Gasteiger partial charge in [-0.05, 0) is 51.4 Å². The molecule has 0 aromatic carbocycles. The highest BCUT2D eigenvalue weighted by atomic mass is 31.2. The Balaban J connectivity index is 4.36. The lowest BCUT2D eigenvalue weighted by Crippen LogP contribution is -2.37. The minimum absolute atomic E-state index is 0.0198. The van der Waals surface area contributed by atoms with Crippen molar-refractivity contribution in [2.75, 3.05) is 47.5 Å². The molecule has 0 bridgehead atoms. The first-order chi connectivity index (χ1) is 29.0. The van der Waals surface area contributed by atoms with Crippen LogP contribution in [0, 0.1) is 0 Å². The second-order valence-corrected chi connectivity index (χ2v) is 18.6. The molecule has 0 aromatic rings. The van der Waals surface area contributed by atoms with Crippen LogP contribution in [-0.2, 0) is 32.7 Å². The van der Waals surface area contributed by atoms with Crippen molar-refractivity contribution in [2.45, 2.75) is 200 Å². The van der Waals surface area contributed by atoms with Gasteiger partial charge in [-0.15, -0.1) is 0 Å². The van der Waals surface area contributed by atoms with Crippen molar-refractivity contribution in [1.29, 1.82) is 0 Å². The molecule has 2 atom stereocenters. The van der Waals surface area contributed by atoms with Gasteiger partial charge < -0.3 is 18.9 Å². The summed E-state index contributed by atoms with van der Waals surface area (Å²) < 4.78 is 34.3. The Morgan fingerprint density at radius 2 is 0.950 bits per heavy atom. The van der Waals surface area contributed by atoms with E-state index in [1.54, 1.807) is 0 Å². The van der Waals surface area contributed by atoms with Crippen molar-refractivity contribution in [3.8, 4) is 0 Å². The topological polar surface area (TPSA) is 108 Å². The largest absolute Gasteiger partial charge is 0.472 e. The fourth-order valence-corrected chi connectivity index (χ4v) is 7.09. The quantitative estimate of drug-likeness (QED) is 0.0212. The summed E-state index contributed by atoms with van der Waals surface area (Å²) in [6.07, 6.45) is 51.4. The highest BCUT2D eigenvalue weighted by Crippen LogP contribution is 2.43. The molecule has 0 radical (unpaired) electrons. The number of rotatable bonds is 43. The molecule has 0 heterocycles. The number of allylic oxidation sites excluding steroid dienone is 10. The number of quaternary nitrogens is 1. The van der Waals surface area contributed by atoms with Crippen molar-refractivity contribution in [3.05, 3.63) is 60.8 Å². The maximum atomic E-state index is 12.7. The van der Waals surface area contributed by atoms with E-state index in [1.165, 1.54) is 103 Å². The number of carbonyl (C=O) groups excluding carboxylic acids is 2. The zero-order valence-corrected chi connectivity index (χ0v) is 40.1. The summed E-state index contributed by atoms with van der Waals surface area (Å²) in [4.78, 5) is 35.4. The zero-order chi connectivity index (χ0) is 44.3. The lowest BCUT2D eigenvalue weighted by Gasteiger charge is -2.24. The fourth-order valence-electron chi connectivity index (χ4n) is 6.34. The van der Waals surface area contributed by atoms with Crippen molar-refractivity contribution < 1.29 is 42.1 Å². The minimum atomic E-state index is -4.39. The van der Waals surface area contributed by atoms with Gasteiger partial charge in [-0.3, -0.25) is 18.6 Å². The van der Waals surface area contributed by atoms with Gasteiger partial charge in [0.1, 0.15) is 19.8 Å². The Hall–Kier alpha value is -2.29. The number of phosphoric acid groups is 1. The fraction of sp³-hybridized carbons (Fsp3) is 0.760. The molecular weight excluding hydrogens is 774 g/mol. The van der Waals surface area contributed by atoms with Crippen LogP contribution in [0.3, 0.4) is 0 Å². The van der Waals surface area contributed by atoms with Crippen molar-refractivity contribution in [3.63, 3.8) is 0 Å². The third kappa shape index (κ3) is 45.2. The van der Waals surface area contributed by atoms with Crippen LogP contribution < -0.4 is 0 Å². The number of hydrogen-bond acceptors (Lipinski definition) is 7. The van der Waals surface area contributed by atoms with E-state index in [2.05, 4.69) is 68.5 Å². The Kier molecular flexibility index (Phi) is 40.4. The molecule has 0 saturated carbocycles. The van der Waals surface area contributed by atoms with E-state index in [4.69, 9.17) is 18.5 Å². The molecule has 0 fully saturated rings. The van der Waals surface area contributed by atoms with E-state index in [-0.39, 0.29) is 32.0 Å². The summed E-state index contributed by atoms with van der Waals surface area (Å²) in [5, 5.41) is 0. The summed E-state index contributed by atoms with van der Waals surface area (Å²) in [6.45, 7) is 4.26. The molecule has 0 saturated heterocycles. The van der Waals surface area contributed by atoms with Crippen LogP contribution in [0.1, 0.15) is 194 Å². The van der Waals surface area contributed by atoms with Crippen LogP contribution >= 0.6 is 7.82 Å². The molecule has 9 nitrogen and oxygen atoms in total. The maximum absolute atomic E-state index is 12.7. The van der Waals surface area contributed by atoms with Gasteiger partial charge in [0.2, 0.25) is 0 Å². The first kappa shape index (κ1) is 57.7. The van der Waals surface area contributed by atoms with Gasteiger partial charge in [0.05, 0.1) is 27.7 Å². The summed E-state index contributed by atoms with van der Waals surface area (Å²) in [6, 6.07) is 0. The average molecular weight is 865 g/mol. The predicted octanol–water partition coefficient (Wildman–Crippen LogP) is 14.0. The van der Waals surface area contributed by atoms with E-state index in [1.807, 2.05) is 27.2 Å². The molecule has 0 aliphatic carbocycles. The first-order valence-corrected chi connectivity index (χ1v) is 25.5. The van der Waals surface area contributed by atoms with Gasteiger partial charge in [-0.2, -0.15) is 0 Å². The first-order valence-electron chi connectivity index (χ1n) is 24.0. The number of nitrogens with zero attached hydrogens (tertiary/aromatic N) is 1. The SMILES string of the molecule is CC/C=C\C/C=C\C/C=C\C/C=C\C/C=C\CCCC(=O)OC(COC(=O)CCCCCCCCCCCCCCCCCCCCC)COP(=O)(O)OCC[N+](C)(C)C. The molecule has 0 amide bonds. The number of esters is 2. The maximum Gasteiger partial charge on any atom is 0.472 e. The van der Waals surface area contributed by atoms with Gasteiger partial charge in [0.15, 0.2) is 6.10 Å². The van der Waals surface area contributed by atoms with E-state index in [9.17, 15) is 19.0 Å². The Bertz CT molecular complexity index is 1210. The monoisotopic (exact) mass is 865 g/mol. The molecule has 0 spiro atoms. The standard InChI is InChI=1S/C50H90NO8P/c1-6-8-10-12-14-16-18-20-22-24-25-27-28-30-32-34-36-38-40-42-49(52)56-46-48(47-58-60(54,55)57-45-44-51(3,4)5)59-50(53)43-41-39-37-35-33-31-29-26-23-21-19-17-15-13-11-9-7-2/h9,11,15,17,21,23,29,31,35,37,48H,6-8,10,12-14,16,18-20,22,24-28,30,32-34,36,38-47H2,1-5H3/p+1/b11-9-,17-15-,23-21-,31-29-,37-35-. The normalized spacial score (nSPS) is 14.0. The summed E-state index contributed by atoms with van der Waals surface area (Å²) in [5.41, 5.74) is 0. The molecule has 60 heavy (non-hydrogen) atoms. The summed E-state index contributed by atoms with van der Waals surface area (Å²) in [5.74, 6) is -0.864. The molecule has 0 aromatic heterocycles. The smallest absolute Gasteiger partial charge is 0.462 e. The molecule has 1 N–H and O–H groups in total. The third-order valence-electron chi connectivity index (χ3n) is 10.1. The molecule has 348 valence electrons. The second-order valence-electron chi connectivity index (χ2n) is 17.1. The zero-order valence-electron chi connectivity index (χ0n) is 39.2. The van der Waals surface area contributed by atoms with Crippen molar-refractivity contribution in [1.82, 2.24) is 0 Å². The highest BCUT2D eigenvalue weighted by Gasteiger charge is 2.27. The van der Waals surface area contributed by atoms with Gasteiger partial charge in [-0.25, -0.2) is 4.57 Å². The Labute approximate surface area is 368 Å². The van der Waals surface area contributed by atoms with Crippen LogP contribution in [0.15, 0.2) is 60.8 Å². The van der Waals surface area contributed by atoms with Gasteiger partial charge >= 0.3 is 19.8 Å². The molecule has 0 rings (SSSR count). The van der Waals surface area contributed by atoms with E-state index >= 15 is 0 Å².